The highest BCUT2D eigenvalue weighted by Gasteiger charge is 2.37. The topological polar surface area (TPSA) is 157 Å². The van der Waals surface area contributed by atoms with E-state index in [0.717, 1.165) is 0 Å². The molecule has 12 nitrogen and oxygen atoms in total. The van der Waals surface area contributed by atoms with Gasteiger partial charge in [-0.25, -0.2) is 19.7 Å². The Labute approximate surface area is 204 Å². The number of rotatable bonds is 7. The van der Waals surface area contributed by atoms with Gasteiger partial charge in [0, 0.05) is 16.9 Å². The lowest BCUT2D eigenvalue weighted by atomic mass is 10.1. The number of nitrogens with one attached hydrogen (secondary N) is 1. The van der Waals surface area contributed by atoms with Gasteiger partial charge in [-0.3, -0.25) is 9.36 Å². The lowest BCUT2D eigenvalue weighted by Gasteiger charge is -2.16. The summed E-state index contributed by atoms with van der Waals surface area (Å²) in [4.78, 5) is 40.7. The maximum Gasteiger partial charge on any atom is 0.338 e. The van der Waals surface area contributed by atoms with E-state index in [1.165, 1.54) is 12.7 Å². The normalized spacial score (nSPS) is 18.9. The van der Waals surface area contributed by atoms with Crippen LogP contribution in [-0.4, -0.2) is 50.1 Å². The molecule has 3 heterocycles. The van der Waals surface area contributed by atoms with Crippen molar-refractivity contribution in [3.8, 4) is 0 Å². The predicted molar refractivity (Wildman–Crippen MR) is 128 cm³/mol. The number of amides is 1. The zero-order chi connectivity index (χ0) is 24.9. The van der Waals surface area contributed by atoms with Crippen LogP contribution in [0.25, 0.3) is 21.6 Å². The Morgan fingerprint density at radius 3 is 2.53 bits per heavy atom. The van der Waals surface area contributed by atoms with Crippen LogP contribution in [0, 0.1) is 0 Å². The first-order valence-electron chi connectivity index (χ1n) is 11.1. The minimum atomic E-state index is -0.657. The molecule has 2 aromatic carbocycles. The Kier molecular flexibility index (Phi) is 6.52. The molecule has 36 heavy (non-hydrogen) atoms. The molecule has 180 valence electrons. The summed E-state index contributed by atoms with van der Waals surface area (Å²) >= 11 is 0. The van der Waals surface area contributed by atoms with Crippen LogP contribution in [0.2, 0.25) is 0 Å². The first-order valence-corrected chi connectivity index (χ1v) is 11.1. The van der Waals surface area contributed by atoms with Gasteiger partial charge in [-0.1, -0.05) is 41.5 Å². The van der Waals surface area contributed by atoms with Gasteiger partial charge < -0.3 is 14.8 Å². The predicted octanol–water partition coefficient (Wildman–Crippen LogP) is 3.90. The number of nitrogens with zero attached hydrogens (tertiary/aromatic N) is 7. The van der Waals surface area contributed by atoms with Gasteiger partial charge in [0.1, 0.15) is 25.3 Å². The Morgan fingerprint density at radius 1 is 1.08 bits per heavy atom. The van der Waals surface area contributed by atoms with Crippen molar-refractivity contribution in [3.63, 3.8) is 0 Å². The number of ether oxygens (including phenoxy) is 2. The monoisotopic (exact) mass is 484 g/mol. The highest BCUT2D eigenvalue weighted by molar-refractivity contribution is 6.06. The van der Waals surface area contributed by atoms with Crippen LogP contribution >= 0.6 is 0 Å². The Bertz CT molecular complexity index is 1440. The summed E-state index contributed by atoms with van der Waals surface area (Å²) in [5.74, 6) is -0.571. The van der Waals surface area contributed by atoms with E-state index in [1.807, 2.05) is 6.07 Å². The number of hydrogen-bond donors (Lipinski definition) is 1. The van der Waals surface area contributed by atoms with E-state index in [1.54, 1.807) is 59.2 Å². The largest absolute Gasteiger partial charge is 0.459 e. The third-order valence-corrected chi connectivity index (χ3v) is 5.73. The van der Waals surface area contributed by atoms with Gasteiger partial charge in [-0.15, -0.1) is 0 Å². The molecule has 5 rings (SSSR count). The van der Waals surface area contributed by atoms with Crippen LogP contribution in [0.1, 0.15) is 33.4 Å². The molecular formula is C24H20N8O4. The van der Waals surface area contributed by atoms with Crippen LogP contribution in [0.5, 0.6) is 0 Å². The zero-order valence-corrected chi connectivity index (χ0v) is 18.8. The van der Waals surface area contributed by atoms with E-state index >= 15 is 0 Å². The highest BCUT2D eigenvalue weighted by atomic mass is 16.6. The Morgan fingerprint density at radius 2 is 1.81 bits per heavy atom. The minimum absolute atomic E-state index is 0.0894. The second kappa shape index (κ2) is 10.2. The molecule has 1 aliphatic heterocycles. The fourth-order valence-electron chi connectivity index (χ4n) is 3.96. The maximum absolute atomic E-state index is 12.6. The van der Waals surface area contributed by atoms with Crippen LogP contribution in [0.15, 0.2) is 78.4 Å². The molecule has 1 aliphatic rings. The van der Waals surface area contributed by atoms with Crippen molar-refractivity contribution in [2.45, 2.75) is 24.8 Å². The van der Waals surface area contributed by atoms with Crippen molar-refractivity contribution < 1.29 is 19.1 Å². The molecule has 0 unspecified atom stereocenters. The smallest absolute Gasteiger partial charge is 0.338 e. The van der Waals surface area contributed by atoms with Crippen molar-refractivity contribution in [1.82, 2.24) is 19.5 Å². The van der Waals surface area contributed by atoms with E-state index < -0.39 is 24.3 Å². The molecule has 0 aliphatic carbocycles. The summed E-state index contributed by atoms with van der Waals surface area (Å²) in [6, 6.07) is 16.8. The van der Waals surface area contributed by atoms with Crippen LogP contribution < -0.4 is 5.32 Å². The quantitative estimate of drug-likeness (QED) is 0.180. The van der Waals surface area contributed by atoms with E-state index in [4.69, 9.17) is 15.0 Å². The molecule has 3 atom stereocenters. The number of azide groups is 1. The summed E-state index contributed by atoms with van der Waals surface area (Å²) in [7, 11) is 0. The number of carbonyl (C=O) groups is 2. The number of aromatic nitrogens is 4. The summed E-state index contributed by atoms with van der Waals surface area (Å²) < 4.78 is 13.2. The average molecular weight is 484 g/mol. The maximum atomic E-state index is 12.6. The van der Waals surface area contributed by atoms with E-state index in [9.17, 15) is 9.59 Å². The number of imidazole rings is 1. The molecule has 0 spiro atoms. The number of benzene rings is 2. The molecule has 0 bridgehead atoms. The molecule has 4 aromatic rings. The van der Waals surface area contributed by atoms with E-state index in [-0.39, 0.29) is 18.3 Å². The molecule has 12 heteroatoms. The third kappa shape index (κ3) is 4.71. The van der Waals surface area contributed by atoms with Crippen LogP contribution in [0.4, 0.5) is 5.82 Å². The van der Waals surface area contributed by atoms with Gasteiger partial charge in [-0.05, 0) is 29.8 Å². The molecule has 0 radical (unpaired) electrons. The van der Waals surface area contributed by atoms with E-state index in [0.29, 0.717) is 28.7 Å². The number of fused-ring (bicyclic) bond motifs is 1. The van der Waals surface area contributed by atoms with Gasteiger partial charge in [0.2, 0.25) is 0 Å². The third-order valence-electron chi connectivity index (χ3n) is 5.73. The molecule has 1 amide bonds. The standard InChI is InChI=1S/C24H20N8O4/c25-31-30-17-11-19(36-18(17)12-35-24(34)16-9-5-2-6-10-16)32-14-28-20-21(26-13-27-22(20)32)29-23(33)15-7-3-1-4-8-15/h1-10,13-14,17-19H,11-12H2,(H,26,27,29,33)/t17-,18-,19-/m1/s1. The molecule has 1 N–H and O–H groups in total. The van der Waals surface area contributed by atoms with Gasteiger partial charge in [0.25, 0.3) is 5.91 Å². The molecule has 0 saturated carbocycles. The summed E-state index contributed by atoms with van der Waals surface area (Å²) in [6.07, 6.45) is 1.92. The van der Waals surface area contributed by atoms with Crippen molar-refractivity contribution in [2.75, 3.05) is 11.9 Å². The number of hydrogen-bond acceptors (Lipinski definition) is 8. The second-order valence-corrected chi connectivity index (χ2v) is 7.97. The molecular weight excluding hydrogens is 464 g/mol. The summed E-state index contributed by atoms with van der Waals surface area (Å²) in [6.45, 7) is -0.0894. The lowest BCUT2D eigenvalue weighted by molar-refractivity contribution is -0.0332. The molecule has 1 fully saturated rings. The van der Waals surface area contributed by atoms with Gasteiger partial charge >= 0.3 is 5.97 Å². The minimum Gasteiger partial charge on any atom is -0.459 e. The SMILES string of the molecule is [N-]=[N+]=N[C@@H]1C[C@H](n2cnc3c(NC(=O)c4ccccc4)ncnc32)O[C@@H]1COC(=O)c1ccccc1. The van der Waals surface area contributed by atoms with Crippen molar-refractivity contribution in [1.29, 1.82) is 0 Å². The lowest BCUT2D eigenvalue weighted by Crippen LogP contribution is -2.26. The Balaban J connectivity index is 1.33. The second-order valence-electron chi connectivity index (χ2n) is 7.97. The van der Waals surface area contributed by atoms with E-state index in [2.05, 4.69) is 30.3 Å². The average Bonchev–Trinajstić information content (AvgIpc) is 3.53. The first kappa shape index (κ1) is 23.0. The van der Waals surface area contributed by atoms with Gasteiger partial charge in [0.15, 0.2) is 17.0 Å². The van der Waals surface area contributed by atoms with Crippen LogP contribution in [0.3, 0.4) is 0 Å². The van der Waals surface area contributed by atoms with Crippen molar-refractivity contribution in [2.24, 2.45) is 5.11 Å². The van der Waals surface area contributed by atoms with Crippen LogP contribution in [-0.2, 0) is 9.47 Å². The van der Waals surface area contributed by atoms with Crippen molar-refractivity contribution >= 4 is 28.9 Å². The number of anilines is 1. The zero-order valence-electron chi connectivity index (χ0n) is 18.8. The molecule has 1 saturated heterocycles. The fourth-order valence-corrected chi connectivity index (χ4v) is 3.96. The Hall–Kier alpha value is -4.80. The first-order chi connectivity index (χ1) is 17.6. The summed E-state index contributed by atoms with van der Waals surface area (Å²) in [5, 5.41) is 6.59. The fraction of sp³-hybridized carbons (Fsp3) is 0.208. The number of esters is 1. The van der Waals surface area contributed by atoms with Crippen molar-refractivity contribution in [3.05, 3.63) is 94.9 Å². The summed E-state index contributed by atoms with van der Waals surface area (Å²) in [5.41, 5.74) is 10.7. The molecule has 2 aromatic heterocycles. The number of carbonyl (C=O) groups excluding carboxylic acids is 2. The highest BCUT2D eigenvalue weighted by Crippen LogP contribution is 2.34. The van der Waals surface area contributed by atoms with Gasteiger partial charge in [-0.2, -0.15) is 0 Å². The van der Waals surface area contributed by atoms with Gasteiger partial charge in [0.05, 0.1) is 17.9 Å².